The van der Waals surface area contributed by atoms with Gasteiger partial charge in [-0.05, 0) is 45.4 Å². The van der Waals surface area contributed by atoms with E-state index in [1.807, 2.05) is 0 Å². The summed E-state index contributed by atoms with van der Waals surface area (Å²) in [6.07, 6.45) is 9.37. The standard InChI is InChI=1S/C15H29NO/c1-4-12-6-5-7-13(10-12)16-14-8-9-17-15(2,3)11-14/h12-14,16H,4-11H2,1-3H3. The van der Waals surface area contributed by atoms with Crippen LogP contribution in [0.15, 0.2) is 0 Å². The number of hydrogen-bond acceptors (Lipinski definition) is 2. The van der Waals surface area contributed by atoms with Crippen LogP contribution in [-0.4, -0.2) is 24.3 Å². The normalized spacial score (nSPS) is 37.9. The van der Waals surface area contributed by atoms with Crippen LogP contribution in [0.3, 0.4) is 0 Å². The first-order chi connectivity index (χ1) is 8.09. The molecule has 2 heteroatoms. The van der Waals surface area contributed by atoms with E-state index in [4.69, 9.17) is 4.74 Å². The van der Waals surface area contributed by atoms with Crippen molar-refractivity contribution < 1.29 is 4.74 Å². The van der Waals surface area contributed by atoms with Crippen LogP contribution in [0.4, 0.5) is 0 Å². The van der Waals surface area contributed by atoms with Crippen molar-refractivity contribution in [3.8, 4) is 0 Å². The lowest BCUT2D eigenvalue weighted by Gasteiger charge is -2.39. The highest BCUT2D eigenvalue weighted by Gasteiger charge is 2.31. The Morgan fingerprint density at radius 3 is 2.71 bits per heavy atom. The third-order valence-corrected chi connectivity index (χ3v) is 4.53. The van der Waals surface area contributed by atoms with Crippen molar-refractivity contribution >= 4 is 0 Å². The maximum absolute atomic E-state index is 5.79. The molecule has 2 aliphatic rings. The van der Waals surface area contributed by atoms with Gasteiger partial charge in [0.2, 0.25) is 0 Å². The van der Waals surface area contributed by atoms with E-state index in [-0.39, 0.29) is 5.60 Å². The first-order valence-corrected chi connectivity index (χ1v) is 7.49. The summed E-state index contributed by atoms with van der Waals surface area (Å²) in [5.41, 5.74) is 0.0781. The Morgan fingerprint density at radius 2 is 2.00 bits per heavy atom. The fourth-order valence-electron chi connectivity index (χ4n) is 3.52. The van der Waals surface area contributed by atoms with Crippen molar-refractivity contribution in [2.45, 2.75) is 83.4 Å². The predicted molar refractivity (Wildman–Crippen MR) is 72.2 cm³/mol. The molecular weight excluding hydrogens is 210 g/mol. The van der Waals surface area contributed by atoms with E-state index in [1.54, 1.807) is 0 Å². The summed E-state index contributed by atoms with van der Waals surface area (Å²) in [6, 6.07) is 1.45. The van der Waals surface area contributed by atoms with Gasteiger partial charge in [-0.2, -0.15) is 0 Å². The Morgan fingerprint density at radius 1 is 1.18 bits per heavy atom. The topological polar surface area (TPSA) is 21.3 Å². The van der Waals surface area contributed by atoms with Crippen LogP contribution in [0.5, 0.6) is 0 Å². The molecular formula is C15H29NO. The molecule has 0 bridgehead atoms. The molecule has 0 aromatic rings. The lowest BCUT2D eigenvalue weighted by Crippen LogP contribution is -2.48. The summed E-state index contributed by atoms with van der Waals surface area (Å²) >= 11 is 0. The summed E-state index contributed by atoms with van der Waals surface area (Å²) in [6.45, 7) is 7.70. The minimum absolute atomic E-state index is 0.0781. The first kappa shape index (κ1) is 13.4. The molecule has 0 spiro atoms. The van der Waals surface area contributed by atoms with Crippen LogP contribution in [0.2, 0.25) is 0 Å². The lowest BCUT2D eigenvalue weighted by molar-refractivity contribution is -0.0648. The van der Waals surface area contributed by atoms with Gasteiger partial charge in [0, 0.05) is 18.7 Å². The van der Waals surface area contributed by atoms with Gasteiger partial charge >= 0.3 is 0 Å². The number of ether oxygens (including phenoxy) is 1. The van der Waals surface area contributed by atoms with Crippen molar-refractivity contribution in [3.05, 3.63) is 0 Å². The largest absolute Gasteiger partial charge is 0.375 e. The average molecular weight is 239 g/mol. The Kier molecular flexibility index (Phi) is 4.48. The van der Waals surface area contributed by atoms with Crippen LogP contribution < -0.4 is 5.32 Å². The molecule has 2 fully saturated rings. The van der Waals surface area contributed by atoms with E-state index in [2.05, 4.69) is 26.1 Å². The second kappa shape index (κ2) is 5.71. The Hall–Kier alpha value is -0.0800. The summed E-state index contributed by atoms with van der Waals surface area (Å²) < 4.78 is 5.79. The summed E-state index contributed by atoms with van der Waals surface area (Å²) in [4.78, 5) is 0. The average Bonchev–Trinajstić information content (AvgIpc) is 2.28. The van der Waals surface area contributed by atoms with E-state index in [1.165, 1.54) is 44.9 Å². The highest BCUT2D eigenvalue weighted by atomic mass is 16.5. The highest BCUT2D eigenvalue weighted by Crippen LogP contribution is 2.29. The molecule has 2 nitrogen and oxygen atoms in total. The Bertz CT molecular complexity index is 239. The van der Waals surface area contributed by atoms with Gasteiger partial charge in [0.15, 0.2) is 0 Å². The fourth-order valence-corrected chi connectivity index (χ4v) is 3.52. The van der Waals surface area contributed by atoms with Gasteiger partial charge in [-0.1, -0.05) is 26.2 Å². The fraction of sp³-hybridized carbons (Fsp3) is 1.00. The van der Waals surface area contributed by atoms with Gasteiger partial charge < -0.3 is 10.1 Å². The number of rotatable bonds is 3. The molecule has 1 aliphatic carbocycles. The monoisotopic (exact) mass is 239 g/mol. The van der Waals surface area contributed by atoms with Crippen molar-refractivity contribution in [2.24, 2.45) is 5.92 Å². The minimum Gasteiger partial charge on any atom is -0.375 e. The molecule has 2 rings (SSSR count). The van der Waals surface area contributed by atoms with Crippen molar-refractivity contribution in [2.75, 3.05) is 6.61 Å². The maximum atomic E-state index is 5.79. The molecule has 0 aromatic carbocycles. The van der Waals surface area contributed by atoms with Gasteiger partial charge in [0.05, 0.1) is 5.60 Å². The van der Waals surface area contributed by atoms with Crippen LogP contribution in [0.25, 0.3) is 0 Å². The van der Waals surface area contributed by atoms with E-state index in [0.29, 0.717) is 6.04 Å². The van der Waals surface area contributed by atoms with Crippen LogP contribution >= 0.6 is 0 Å². The van der Waals surface area contributed by atoms with Crippen LogP contribution in [-0.2, 0) is 4.74 Å². The second-order valence-electron chi connectivity index (χ2n) is 6.60. The highest BCUT2D eigenvalue weighted by molar-refractivity contribution is 4.87. The van der Waals surface area contributed by atoms with Gasteiger partial charge in [0.25, 0.3) is 0 Å². The Balaban J connectivity index is 1.80. The van der Waals surface area contributed by atoms with Gasteiger partial charge in [-0.25, -0.2) is 0 Å². The summed E-state index contributed by atoms with van der Waals surface area (Å²) in [7, 11) is 0. The van der Waals surface area contributed by atoms with Crippen molar-refractivity contribution in [1.29, 1.82) is 0 Å². The molecule has 1 aliphatic heterocycles. The zero-order chi connectivity index (χ0) is 12.3. The molecule has 0 aromatic heterocycles. The quantitative estimate of drug-likeness (QED) is 0.814. The summed E-state index contributed by atoms with van der Waals surface area (Å²) in [5, 5.41) is 3.90. The smallest absolute Gasteiger partial charge is 0.0641 e. The van der Waals surface area contributed by atoms with E-state index >= 15 is 0 Å². The minimum atomic E-state index is 0.0781. The zero-order valence-electron chi connectivity index (χ0n) is 11.8. The van der Waals surface area contributed by atoms with Gasteiger partial charge in [-0.15, -0.1) is 0 Å². The summed E-state index contributed by atoms with van der Waals surface area (Å²) in [5.74, 6) is 0.967. The number of nitrogens with one attached hydrogen (secondary N) is 1. The molecule has 1 N–H and O–H groups in total. The first-order valence-electron chi connectivity index (χ1n) is 7.49. The third kappa shape index (κ3) is 3.96. The second-order valence-corrected chi connectivity index (χ2v) is 6.60. The molecule has 17 heavy (non-hydrogen) atoms. The molecule has 0 radical (unpaired) electrons. The van der Waals surface area contributed by atoms with Crippen molar-refractivity contribution in [1.82, 2.24) is 5.32 Å². The van der Waals surface area contributed by atoms with E-state index in [9.17, 15) is 0 Å². The molecule has 0 amide bonds. The Labute approximate surface area is 107 Å². The molecule has 100 valence electrons. The molecule has 1 saturated heterocycles. The van der Waals surface area contributed by atoms with Gasteiger partial charge in [0.1, 0.15) is 0 Å². The van der Waals surface area contributed by atoms with Gasteiger partial charge in [-0.3, -0.25) is 0 Å². The molecule has 1 saturated carbocycles. The van der Waals surface area contributed by atoms with Crippen LogP contribution in [0, 0.1) is 5.92 Å². The molecule has 1 heterocycles. The molecule has 3 unspecified atom stereocenters. The SMILES string of the molecule is CCC1CCCC(NC2CCOC(C)(C)C2)C1. The maximum Gasteiger partial charge on any atom is 0.0641 e. The third-order valence-electron chi connectivity index (χ3n) is 4.53. The predicted octanol–water partition coefficient (Wildman–Crippen LogP) is 3.50. The van der Waals surface area contributed by atoms with E-state index < -0.39 is 0 Å². The number of hydrogen-bond donors (Lipinski definition) is 1. The van der Waals surface area contributed by atoms with Crippen molar-refractivity contribution in [3.63, 3.8) is 0 Å². The molecule has 3 atom stereocenters. The lowest BCUT2D eigenvalue weighted by atomic mass is 9.83. The zero-order valence-corrected chi connectivity index (χ0v) is 11.8. The van der Waals surface area contributed by atoms with E-state index in [0.717, 1.165) is 18.6 Å². The van der Waals surface area contributed by atoms with Crippen LogP contribution in [0.1, 0.15) is 65.7 Å².